The minimum absolute atomic E-state index is 0. The minimum atomic E-state index is 0. The fourth-order valence-electron chi connectivity index (χ4n) is 1.95. The van der Waals surface area contributed by atoms with Gasteiger partial charge in [0.2, 0.25) is 0 Å². The van der Waals surface area contributed by atoms with E-state index in [2.05, 4.69) is 6.92 Å². The van der Waals surface area contributed by atoms with Crippen molar-refractivity contribution in [1.82, 2.24) is 0 Å². The highest BCUT2D eigenvalue weighted by Crippen LogP contribution is 2.26. The lowest BCUT2D eigenvalue weighted by Crippen LogP contribution is -2.20. The topological polar surface area (TPSA) is 26.0 Å². The van der Waals surface area contributed by atoms with Gasteiger partial charge in [-0.25, -0.2) is 0 Å². The largest absolute Gasteiger partial charge is 0.328 e. The lowest BCUT2D eigenvalue weighted by molar-refractivity contribution is 0.323. The van der Waals surface area contributed by atoms with Crippen molar-refractivity contribution in [1.29, 1.82) is 0 Å². The highest BCUT2D eigenvalue weighted by molar-refractivity contribution is 5.85. The van der Waals surface area contributed by atoms with E-state index in [-0.39, 0.29) is 12.4 Å². The van der Waals surface area contributed by atoms with Crippen LogP contribution in [0.1, 0.15) is 45.4 Å². The third-order valence-electron chi connectivity index (χ3n) is 2.43. The molecular weight excluding hydrogens is 158 g/mol. The predicted octanol–water partition coefficient (Wildman–Crippen LogP) is 2.73. The molecule has 0 unspecified atom stereocenters. The molecule has 0 bridgehead atoms. The zero-order valence-electron chi connectivity index (χ0n) is 7.38. The second-order valence-electron chi connectivity index (χ2n) is 3.72. The van der Waals surface area contributed by atoms with E-state index >= 15 is 0 Å². The highest BCUT2D eigenvalue weighted by Gasteiger charge is 2.13. The molecule has 1 aliphatic rings. The van der Waals surface area contributed by atoms with E-state index in [1.54, 1.807) is 0 Å². The zero-order chi connectivity index (χ0) is 7.40. The van der Waals surface area contributed by atoms with Gasteiger partial charge < -0.3 is 5.73 Å². The van der Waals surface area contributed by atoms with Crippen LogP contribution in [-0.2, 0) is 0 Å². The Morgan fingerprint density at radius 1 is 1.27 bits per heavy atom. The first-order valence-corrected chi connectivity index (χ1v) is 4.54. The van der Waals surface area contributed by atoms with Crippen LogP contribution >= 0.6 is 12.4 Å². The third kappa shape index (κ3) is 4.65. The van der Waals surface area contributed by atoms with Gasteiger partial charge in [0.25, 0.3) is 0 Å². The van der Waals surface area contributed by atoms with Crippen LogP contribution < -0.4 is 5.73 Å². The van der Waals surface area contributed by atoms with Crippen LogP contribution in [0.4, 0.5) is 0 Å². The standard InChI is InChI=1S/C9H19N.ClH/c1-8(10)7-9-5-3-2-4-6-9;/h8-9H,2-7,10H2,1H3;1H/t8-;/m1./s1. The first-order chi connectivity index (χ1) is 4.79. The van der Waals surface area contributed by atoms with Crippen LogP contribution in [0.15, 0.2) is 0 Å². The maximum atomic E-state index is 5.72. The van der Waals surface area contributed by atoms with Crippen molar-refractivity contribution < 1.29 is 0 Å². The fourth-order valence-corrected chi connectivity index (χ4v) is 1.95. The van der Waals surface area contributed by atoms with E-state index in [0.717, 1.165) is 5.92 Å². The zero-order valence-corrected chi connectivity index (χ0v) is 8.20. The van der Waals surface area contributed by atoms with E-state index in [0.29, 0.717) is 6.04 Å². The van der Waals surface area contributed by atoms with Crippen LogP contribution in [0.2, 0.25) is 0 Å². The Balaban J connectivity index is 0.000001000. The summed E-state index contributed by atoms with van der Waals surface area (Å²) in [5, 5.41) is 0. The molecule has 2 N–H and O–H groups in total. The normalized spacial score (nSPS) is 22.4. The average molecular weight is 178 g/mol. The molecule has 0 aromatic heterocycles. The Labute approximate surface area is 76.1 Å². The molecule has 0 amide bonds. The van der Waals surface area contributed by atoms with Gasteiger partial charge >= 0.3 is 0 Å². The lowest BCUT2D eigenvalue weighted by Gasteiger charge is -2.22. The summed E-state index contributed by atoms with van der Waals surface area (Å²) >= 11 is 0. The van der Waals surface area contributed by atoms with Crippen molar-refractivity contribution in [2.75, 3.05) is 0 Å². The maximum absolute atomic E-state index is 5.72. The Morgan fingerprint density at radius 2 is 1.82 bits per heavy atom. The van der Waals surface area contributed by atoms with Gasteiger partial charge in [0, 0.05) is 6.04 Å². The van der Waals surface area contributed by atoms with Crippen molar-refractivity contribution in [3.63, 3.8) is 0 Å². The molecule has 0 radical (unpaired) electrons. The van der Waals surface area contributed by atoms with Crippen molar-refractivity contribution in [3.05, 3.63) is 0 Å². The predicted molar refractivity (Wildman–Crippen MR) is 52.1 cm³/mol. The van der Waals surface area contributed by atoms with Gasteiger partial charge in [0.05, 0.1) is 0 Å². The Kier molecular flexibility index (Phi) is 5.98. The molecule has 1 aliphatic carbocycles. The molecule has 0 aromatic rings. The monoisotopic (exact) mass is 177 g/mol. The second-order valence-corrected chi connectivity index (χ2v) is 3.72. The molecule has 0 saturated heterocycles. The summed E-state index contributed by atoms with van der Waals surface area (Å²) in [6.07, 6.45) is 8.45. The number of halogens is 1. The van der Waals surface area contributed by atoms with Crippen molar-refractivity contribution in [3.8, 4) is 0 Å². The summed E-state index contributed by atoms with van der Waals surface area (Å²) in [4.78, 5) is 0. The summed E-state index contributed by atoms with van der Waals surface area (Å²) in [6, 6.07) is 0.420. The summed E-state index contributed by atoms with van der Waals surface area (Å²) in [5.41, 5.74) is 5.72. The quantitative estimate of drug-likeness (QED) is 0.690. The van der Waals surface area contributed by atoms with Crippen LogP contribution in [0, 0.1) is 5.92 Å². The van der Waals surface area contributed by atoms with Gasteiger partial charge in [-0.15, -0.1) is 12.4 Å². The minimum Gasteiger partial charge on any atom is -0.328 e. The van der Waals surface area contributed by atoms with Gasteiger partial charge in [-0.1, -0.05) is 32.1 Å². The number of hydrogen-bond donors (Lipinski definition) is 1. The van der Waals surface area contributed by atoms with E-state index in [4.69, 9.17) is 5.73 Å². The van der Waals surface area contributed by atoms with E-state index in [1.807, 2.05) is 0 Å². The van der Waals surface area contributed by atoms with Crippen LogP contribution in [-0.4, -0.2) is 6.04 Å². The van der Waals surface area contributed by atoms with Gasteiger partial charge in [0.1, 0.15) is 0 Å². The molecule has 1 atom stereocenters. The summed E-state index contributed by atoms with van der Waals surface area (Å²) in [6.45, 7) is 2.12. The molecule has 2 heteroatoms. The Hall–Kier alpha value is 0.250. The van der Waals surface area contributed by atoms with Gasteiger partial charge in [-0.3, -0.25) is 0 Å². The highest BCUT2D eigenvalue weighted by atomic mass is 35.5. The number of nitrogens with two attached hydrogens (primary N) is 1. The molecular formula is C9H20ClN. The summed E-state index contributed by atoms with van der Waals surface area (Å²) in [7, 11) is 0. The molecule has 11 heavy (non-hydrogen) atoms. The van der Waals surface area contributed by atoms with Crippen molar-refractivity contribution >= 4 is 12.4 Å². The van der Waals surface area contributed by atoms with E-state index in [1.165, 1.54) is 38.5 Å². The van der Waals surface area contributed by atoms with E-state index < -0.39 is 0 Å². The Bertz CT molecular complexity index is 87.6. The maximum Gasteiger partial charge on any atom is 0.00131 e. The number of rotatable bonds is 2. The molecule has 68 valence electrons. The SMILES string of the molecule is C[C@@H](N)CC1CCCCC1.Cl. The molecule has 0 aliphatic heterocycles. The van der Waals surface area contributed by atoms with Crippen molar-refractivity contribution in [2.24, 2.45) is 11.7 Å². The van der Waals surface area contributed by atoms with Crippen LogP contribution in [0.5, 0.6) is 0 Å². The van der Waals surface area contributed by atoms with Crippen molar-refractivity contribution in [2.45, 2.75) is 51.5 Å². The fraction of sp³-hybridized carbons (Fsp3) is 1.00. The molecule has 1 fully saturated rings. The lowest BCUT2D eigenvalue weighted by atomic mass is 9.85. The smallest absolute Gasteiger partial charge is 0.00131 e. The second kappa shape index (κ2) is 5.84. The molecule has 0 spiro atoms. The van der Waals surface area contributed by atoms with E-state index in [9.17, 15) is 0 Å². The summed E-state index contributed by atoms with van der Waals surface area (Å²) in [5.74, 6) is 0.953. The third-order valence-corrected chi connectivity index (χ3v) is 2.43. The first kappa shape index (κ1) is 11.2. The molecule has 0 aromatic carbocycles. The molecule has 0 heterocycles. The Morgan fingerprint density at radius 3 is 2.27 bits per heavy atom. The van der Waals surface area contributed by atoms with Gasteiger partial charge in [0.15, 0.2) is 0 Å². The summed E-state index contributed by atoms with van der Waals surface area (Å²) < 4.78 is 0. The number of hydrogen-bond acceptors (Lipinski definition) is 1. The van der Waals surface area contributed by atoms with Gasteiger partial charge in [-0.05, 0) is 19.3 Å². The van der Waals surface area contributed by atoms with Crippen LogP contribution in [0.3, 0.4) is 0 Å². The molecule has 1 nitrogen and oxygen atoms in total. The average Bonchev–Trinajstić information content (AvgIpc) is 1.88. The molecule has 1 saturated carbocycles. The van der Waals surface area contributed by atoms with Gasteiger partial charge in [-0.2, -0.15) is 0 Å². The first-order valence-electron chi connectivity index (χ1n) is 4.54. The van der Waals surface area contributed by atoms with Crippen LogP contribution in [0.25, 0.3) is 0 Å². The molecule has 1 rings (SSSR count).